The Kier molecular flexibility index (Phi) is 2.71. The van der Waals surface area contributed by atoms with E-state index in [1.807, 2.05) is 6.92 Å². The minimum atomic E-state index is -0.339. The zero-order chi connectivity index (χ0) is 13.6. The summed E-state index contributed by atoms with van der Waals surface area (Å²) in [4.78, 5) is 4.14. The lowest BCUT2D eigenvalue weighted by Crippen LogP contribution is -1.99. The maximum atomic E-state index is 13.9. The lowest BCUT2D eigenvalue weighted by Gasteiger charge is -2.05. The number of halogens is 2. The molecule has 0 aliphatic heterocycles. The van der Waals surface area contributed by atoms with E-state index in [2.05, 4.69) is 15.2 Å². The lowest BCUT2D eigenvalue weighted by molar-refractivity contribution is 0.629. The molecule has 0 unspecified atom stereocenters. The summed E-state index contributed by atoms with van der Waals surface area (Å²) in [6.45, 7) is 3.67. The Labute approximate surface area is 113 Å². The smallest absolute Gasteiger partial charge is 0.172 e. The number of nitrogens with zero attached hydrogens (tertiary/aromatic N) is 4. The molecule has 0 fully saturated rings. The van der Waals surface area contributed by atoms with Crippen molar-refractivity contribution in [2.24, 2.45) is 0 Å². The van der Waals surface area contributed by atoms with Crippen LogP contribution >= 0.6 is 11.6 Å². The maximum Gasteiger partial charge on any atom is 0.172 e. The third kappa shape index (κ3) is 1.96. The molecule has 4 nitrogen and oxygen atoms in total. The van der Waals surface area contributed by atoms with Crippen LogP contribution in [0, 0.1) is 19.7 Å². The highest BCUT2D eigenvalue weighted by molar-refractivity contribution is 6.29. The predicted octanol–water partition coefficient (Wildman–Crippen LogP) is 3.20. The zero-order valence-corrected chi connectivity index (χ0v) is 11.1. The zero-order valence-electron chi connectivity index (χ0n) is 10.4. The quantitative estimate of drug-likeness (QED) is 0.641. The first-order valence-corrected chi connectivity index (χ1v) is 6.09. The molecule has 2 aromatic heterocycles. The van der Waals surface area contributed by atoms with Gasteiger partial charge in [-0.05, 0) is 26.0 Å². The summed E-state index contributed by atoms with van der Waals surface area (Å²) in [7, 11) is 0. The average Bonchev–Trinajstić information content (AvgIpc) is 2.76. The molecule has 6 heteroatoms. The van der Waals surface area contributed by atoms with Crippen molar-refractivity contribution in [1.29, 1.82) is 0 Å². The molecule has 0 atom stereocenters. The van der Waals surface area contributed by atoms with Gasteiger partial charge in [0, 0.05) is 6.07 Å². The van der Waals surface area contributed by atoms with E-state index in [0.717, 1.165) is 5.56 Å². The predicted molar refractivity (Wildman–Crippen MR) is 70.7 cm³/mol. The van der Waals surface area contributed by atoms with Crippen molar-refractivity contribution < 1.29 is 4.39 Å². The first kappa shape index (κ1) is 12.0. The van der Waals surface area contributed by atoms with Gasteiger partial charge in [0.05, 0.1) is 5.56 Å². The van der Waals surface area contributed by atoms with Gasteiger partial charge in [0.2, 0.25) is 0 Å². The van der Waals surface area contributed by atoms with Crippen LogP contribution in [0.1, 0.15) is 11.4 Å². The van der Waals surface area contributed by atoms with Gasteiger partial charge in [-0.3, -0.25) is 4.40 Å². The summed E-state index contributed by atoms with van der Waals surface area (Å²) in [5, 5.41) is 8.39. The molecule has 0 N–H and O–H groups in total. The first-order chi connectivity index (χ1) is 9.06. The molecule has 19 heavy (non-hydrogen) atoms. The van der Waals surface area contributed by atoms with Gasteiger partial charge in [0.1, 0.15) is 16.8 Å². The van der Waals surface area contributed by atoms with Crippen LogP contribution in [0.5, 0.6) is 0 Å². The molecule has 0 amide bonds. The van der Waals surface area contributed by atoms with E-state index in [-0.39, 0.29) is 5.82 Å². The molecule has 1 aromatic carbocycles. The minimum absolute atomic E-state index is 0.339. The highest BCUT2D eigenvalue weighted by Crippen LogP contribution is 2.24. The molecule has 3 aromatic rings. The fraction of sp³-hybridized carbons (Fsp3) is 0.154. The van der Waals surface area contributed by atoms with Crippen molar-refractivity contribution in [2.75, 3.05) is 0 Å². The molecule has 3 rings (SSSR count). The normalized spacial score (nSPS) is 11.2. The molecule has 0 spiro atoms. The van der Waals surface area contributed by atoms with Crippen molar-refractivity contribution >= 4 is 17.2 Å². The third-order valence-corrected chi connectivity index (χ3v) is 3.08. The SMILES string of the molecule is Cc1ccc(F)c(-c2nnc3cc(Cl)nc(C)n23)c1. The molecule has 0 saturated carbocycles. The van der Waals surface area contributed by atoms with Crippen molar-refractivity contribution in [3.63, 3.8) is 0 Å². The van der Waals surface area contributed by atoms with E-state index < -0.39 is 0 Å². The van der Waals surface area contributed by atoms with E-state index in [4.69, 9.17) is 11.6 Å². The van der Waals surface area contributed by atoms with E-state index in [1.54, 1.807) is 29.5 Å². The van der Waals surface area contributed by atoms with Crippen molar-refractivity contribution in [3.05, 3.63) is 46.6 Å². The standard InChI is InChI=1S/C13H10ClFN4/c1-7-3-4-10(15)9(5-7)13-18-17-12-6-11(14)16-8(2)19(12)13/h3-6H,1-2H3. The van der Waals surface area contributed by atoms with Gasteiger partial charge < -0.3 is 0 Å². The van der Waals surface area contributed by atoms with Gasteiger partial charge in [-0.1, -0.05) is 23.2 Å². The Morgan fingerprint density at radius 2 is 1.95 bits per heavy atom. The average molecular weight is 277 g/mol. The third-order valence-electron chi connectivity index (χ3n) is 2.89. The summed E-state index contributed by atoms with van der Waals surface area (Å²) < 4.78 is 15.6. The lowest BCUT2D eigenvalue weighted by atomic mass is 10.1. The highest BCUT2D eigenvalue weighted by Gasteiger charge is 2.15. The Bertz CT molecular complexity index is 782. The number of rotatable bonds is 1. The van der Waals surface area contributed by atoms with Crippen LogP contribution in [-0.2, 0) is 0 Å². The minimum Gasteiger partial charge on any atom is -0.263 e. The van der Waals surface area contributed by atoms with Gasteiger partial charge >= 0.3 is 0 Å². The Morgan fingerprint density at radius 3 is 2.74 bits per heavy atom. The Hall–Kier alpha value is -2.01. The van der Waals surface area contributed by atoms with Crippen molar-refractivity contribution in [1.82, 2.24) is 19.6 Å². The molecule has 0 radical (unpaired) electrons. The summed E-state index contributed by atoms with van der Waals surface area (Å²) in [5.74, 6) is 0.704. The topological polar surface area (TPSA) is 43.1 Å². The highest BCUT2D eigenvalue weighted by atomic mass is 35.5. The summed E-state index contributed by atoms with van der Waals surface area (Å²) >= 11 is 5.87. The fourth-order valence-corrected chi connectivity index (χ4v) is 2.26. The van der Waals surface area contributed by atoms with Crippen LogP contribution in [0.2, 0.25) is 5.15 Å². The van der Waals surface area contributed by atoms with Gasteiger partial charge in [-0.25, -0.2) is 9.37 Å². The first-order valence-electron chi connectivity index (χ1n) is 5.71. The molecule has 0 aliphatic carbocycles. The maximum absolute atomic E-state index is 13.9. The Balaban J connectivity index is 2.34. The molecule has 0 bridgehead atoms. The second kappa shape index (κ2) is 4.28. The number of hydrogen-bond donors (Lipinski definition) is 0. The molecule has 96 valence electrons. The van der Waals surface area contributed by atoms with Crippen molar-refractivity contribution in [3.8, 4) is 11.4 Å². The summed E-state index contributed by atoms with van der Waals surface area (Å²) in [6, 6.07) is 6.47. The number of benzene rings is 1. The fourth-order valence-electron chi connectivity index (χ4n) is 2.04. The molecule has 0 aliphatic rings. The van der Waals surface area contributed by atoms with E-state index >= 15 is 0 Å². The summed E-state index contributed by atoms with van der Waals surface area (Å²) in [5.41, 5.74) is 1.90. The van der Waals surface area contributed by atoms with Gasteiger partial charge in [0.25, 0.3) is 0 Å². The number of fused-ring (bicyclic) bond motifs is 1. The van der Waals surface area contributed by atoms with Crippen LogP contribution in [0.25, 0.3) is 17.0 Å². The molecular weight excluding hydrogens is 267 g/mol. The largest absolute Gasteiger partial charge is 0.263 e. The van der Waals surface area contributed by atoms with E-state index in [1.165, 1.54) is 6.07 Å². The van der Waals surface area contributed by atoms with Gasteiger partial charge in [-0.15, -0.1) is 10.2 Å². The molecule has 2 heterocycles. The molecule has 0 saturated heterocycles. The summed E-state index contributed by atoms with van der Waals surface area (Å²) in [6.07, 6.45) is 0. The molecular formula is C13H10ClFN4. The van der Waals surface area contributed by atoms with Crippen LogP contribution in [-0.4, -0.2) is 19.6 Å². The number of hydrogen-bond acceptors (Lipinski definition) is 3. The monoisotopic (exact) mass is 276 g/mol. The van der Waals surface area contributed by atoms with Gasteiger partial charge in [0.15, 0.2) is 11.5 Å². The van der Waals surface area contributed by atoms with Crippen LogP contribution in [0.4, 0.5) is 4.39 Å². The van der Waals surface area contributed by atoms with Crippen LogP contribution in [0.3, 0.4) is 0 Å². The van der Waals surface area contributed by atoms with E-state index in [9.17, 15) is 4.39 Å². The number of aromatic nitrogens is 4. The van der Waals surface area contributed by atoms with Crippen LogP contribution in [0.15, 0.2) is 24.3 Å². The van der Waals surface area contributed by atoms with Crippen LogP contribution < -0.4 is 0 Å². The van der Waals surface area contributed by atoms with Gasteiger partial charge in [-0.2, -0.15) is 0 Å². The number of aryl methyl sites for hydroxylation is 2. The Morgan fingerprint density at radius 1 is 1.16 bits per heavy atom. The van der Waals surface area contributed by atoms with E-state index in [0.29, 0.717) is 28.0 Å². The van der Waals surface area contributed by atoms with Crippen molar-refractivity contribution in [2.45, 2.75) is 13.8 Å². The second-order valence-corrected chi connectivity index (χ2v) is 4.71. The second-order valence-electron chi connectivity index (χ2n) is 4.33.